The highest BCUT2D eigenvalue weighted by atomic mass is 79.9. The van der Waals surface area contributed by atoms with Gasteiger partial charge in [0.1, 0.15) is 5.75 Å². The Balaban J connectivity index is 2.52. The van der Waals surface area contributed by atoms with E-state index >= 15 is 0 Å². The molecule has 1 N–H and O–H groups in total. The van der Waals surface area contributed by atoms with Crippen LogP contribution in [0.25, 0.3) is 0 Å². The number of rotatable bonds is 6. The number of thiophene rings is 1. The van der Waals surface area contributed by atoms with Gasteiger partial charge in [0.05, 0.1) is 32.2 Å². The molecule has 1 heterocycles. The number of methoxy groups -OCH3 is 3. The van der Waals surface area contributed by atoms with Gasteiger partial charge in [0.15, 0.2) is 11.5 Å². The number of ether oxygens (including phenoxy) is 3. The second kappa shape index (κ2) is 7.15. The molecule has 0 radical (unpaired) electrons. The lowest BCUT2D eigenvalue weighted by Crippen LogP contribution is -2.18. The van der Waals surface area contributed by atoms with Gasteiger partial charge >= 0.3 is 0 Å². The average Bonchev–Trinajstić information content (AvgIpc) is 2.97. The molecule has 4 nitrogen and oxygen atoms in total. The number of halogens is 1. The molecule has 2 aromatic rings. The van der Waals surface area contributed by atoms with Crippen LogP contribution < -0.4 is 19.5 Å². The van der Waals surface area contributed by atoms with Crippen molar-refractivity contribution in [1.82, 2.24) is 5.32 Å². The van der Waals surface area contributed by atoms with E-state index in [9.17, 15) is 0 Å². The summed E-state index contributed by atoms with van der Waals surface area (Å²) in [5, 5.41) is 5.35. The minimum absolute atomic E-state index is 0.00845. The molecule has 1 aromatic carbocycles. The summed E-state index contributed by atoms with van der Waals surface area (Å²) in [5.41, 5.74) is 1.07. The van der Waals surface area contributed by atoms with E-state index in [0.717, 1.165) is 20.7 Å². The Kier molecular flexibility index (Phi) is 5.50. The molecule has 0 fully saturated rings. The highest BCUT2D eigenvalue weighted by Crippen LogP contribution is 2.41. The predicted octanol–water partition coefficient (Wildman–Crippen LogP) is 3.85. The molecule has 1 aromatic heterocycles. The van der Waals surface area contributed by atoms with Crippen LogP contribution in [0.1, 0.15) is 16.5 Å². The number of hydrogen-bond acceptors (Lipinski definition) is 5. The molecule has 0 amide bonds. The van der Waals surface area contributed by atoms with Gasteiger partial charge in [-0.25, -0.2) is 0 Å². The van der Waals surface area contributed by atoms with Crippen molar-refractivity contribution in [2.24, 2.45) is 0 Å². The molecule has 0 aliphatic rings. The molecular weight excluding hydrogens is 354 g/mol. The minimum Gasteiger partial charge on any atom is -0.496 e. The molecule has 0 saturated heterocycles. The zero-order valence-corrected chi connectivity index (χ0v) is 14.8. The van der Waals surface area contributed by atoms with E-state index in [2.05, 4.69) is 21.2 Å². The summed E-state index contributed by atoms with van der Waals surface area (Å²) in [6, 6.07) is 5.87. The Morgan fingerprint density at radius 2 is 1.67 bits per heavy atom. The first-order valence-electron chi connectivity index (χ1n) is 6.36. The summed E-state index contributed by atoms with van der Waals surface area (Å²) in [4.78, 5) is 1.12. The molecule has 114 valence electrons. The zero-order chi connectivity index (χ0) is 15.4. The van der Waals surface area contributed by atoms with Crippen molar-refractivity contribution in [2.75, 3.05) is 28.4 Å². The molecule has 6 heteroatoms. The molecule has 0 aliphatic heterocycles. The van der Waals surface area contributed by atoms with Gasteiger partial charge in [0.2, 0.25) is 0 Å². The molecule has 0 spiro atoms. The largest absolute Gasteiger partial charge is 0.496 e. The second-order valence-corrected chi connectivity index (χ2v) is 6.11. The van der Waals surface area contributed by atoms with Crippen molar-refractivity contribution >= 4 is 27.3 Å². The monoisotopic (exact) mass is 371 g/mol. The van der Waals surface area contributed by atoms with Crippen LogP contribution in [0.5, 0.6) is 17.2 Å². The number of benzene rings is 1. The normalized spacial score (nSPS) is 12.0. The second-order valence-electron chi connectivity index (χ2n) is 4.30. The van der Waals surface area contributed by atoms with E-state index in [-0.39, 0.29) is 6.04 Å². The fraction of sp³-hybridized carbons (Fsp3) is 0.333. The fourth-order valence-corrected chi connectivity index (χ4v) is 3.75. The Morgan fingerprint density at radius 3 is 2.24 bits per heavy atom. The Bertz CT molecular complexity index is 615. The third-order valence-electron chi connectivity index (χ3n) is 3.24. The van der Waals surface area contributed by atoms with Crippen molar-refractivity contribution < 1.29 is 14.2 Å². The van der Waals surface area contributed by atoms with Gasteiger partial charge in [0.25, 0.3) is 0 Å². The van der Waals surface area contributed by atoms with Crippen LogP contribution in [-0.4, -0.2) is 28.4 Å². The molecular formula is C15H18BrNO3S. The topological polar surface area (TPSA) is 39.7 Å². The van der Waals surface area contributed by atoms with E-state index in [1.165, 1.54) is 0 Å². The quantitative estimate of drug-likeness (QED) is 0.836. The van der Waals surface area contributed by atoms with Crippen LogP contribution in [-0.2, 0) is 0 Å². The van der Waals surface area contributed by atoms with E-state index in [4.69, 9.17) is 14.2 Å². The molecule has 0 saturated carbocycles. The van der Waals surface area contributed by atoms with E-state index in [0.29, 0.717) is 11.5 Å². The smallest absolute Gasteiger partial charge is 0.161 e. The Hall–Kier alpha value is -1.24. The van der Waals surface area contributed by atoms with E-state index in [1.807, 2.05) is 30.6 Å². The molecule has 21 heavy (non-hydrogen) atoms. The number of nitrogens with one attached hydrogen (secondary N) is 1. The van der Waals surface area contributed by atoms with Crippen molar-refractivity contribution in [3.63, 3.8) is 0 Å². The van der Waals surface area contributed by atoms with E-state index < -0.39 is 0 Å². The van der Waals surface area contributed by atoms with Crippen LogP contribution in [0.2, 0.25) is 0 Å². The van der Waals surface area contributed by atoms with Crippen LogP contribution in [0.4, 0.5) is 0 Å². The molecule has 0 aliphatic carbocycles. The maximum Gasteiger partial charge on any atom is 0.161 e. The first-order chi connectivity index (χ1) is 10.2. The maximum absolute atomic E-state index is 5.43. The van der Waals surface area contributed by atoms with E-state index in [1.54, 1.807) is 32.7 Å². The third kappa shape index (κ3) is 3.17. The first kappa shape index (κ1) is 16.1. The van der Waals surface area contributed by atoms with Gasteiger partial charge in [0, 0.05) is 4.47 Å². The minimum atomic E-state index is 0.00845. The van der Waals surface area contributed by atoms with Crippen molar-refractivity contribution in [3.05, 3.63) is 38.5 Å². The van der Waals surface area contributed by atoms with Crippen molar-refractivity contribution in [1.29, 1.82) is 0 Å². The van der Waals surface area contributed by atoms with Crippen LogP contribution in [0, 0.1) is 0 Å². The van der Waals surface area contributed by atoms with Crippen LogP contribution >= 0.6 is 27.3 Å². The van der Waals surface area contributed by atoms with Gasteiger partial charge in [-0.3, -0.25) is 0 Å². The highest BCUT2D eigenvalue weighted by molar-refractivity contribution is 9.10. The lowest BCUT2D eigenvalue weighted by Gasteiger charge is -2.20. The summed E-state index contributed by atoms with van der Waals surface area (Å²) in [6.45, 7) is 0. The molecule has 2 rings (SSSR count). The standard InChI is InChI=1S/C15H18BrNO3S/c1-17-14(15-11(18-2)5-6-21-15)9-7-12(19-3)13(20-4)8-10(9)16/h5-8,14,17H,1-4H3. The highest BCUT2D eigenvalue weighted by Gasteiger charge is 2.22. The van der Waals surface area contributed by atoms with Crippen molar-refractivity contribution in [3.8, 4) is 17.2 Å². The Morgan fingerprint density at radius 1 is 1.05 bits per heavy atom. The maximum atomic E-state index is 5.43. The van der Waals surface area contributed by atoms with Crippen LogP contribution in [0.15, 0.2) is 28.1 Å². The van der Waals surface area contributed by atoms with Gasteiger partial charge in [-0.2, -0.15) is 0 Å². The summed E-state index contributed by atoms with van der Waals surface area (Å²) < 4.78 is 17.1. The van der Waals surface area contributed by atoms with Crippen molar-refractivity contribution in [2.45, 2.75) is 6.04 Å². The molecule has 0 bridgehead atoms. The fourth-order valence-electron chi connectivity index (χ4n) is 2.21. The summed E-state index contributed by atoms with van der Waals surface area (Å²) in [7, 11) is 6.87. The van der Waals surface area contributed by atoms with Crippen LogP contribution in [0.3, 0.4) is 0 Å². The molecule has 1 unspecified atom stereocenters. The van der Waals surface area contributed by atoms with Gasteiger partial charge in [-0.15, -0.1) is 11.3 Å². The molecule has 1 atom stereocenters. The third-order valence-corrected chi connectivity index (χ3v) is 4.89. The summed E-state index contributed by atoms with van der Waals surface area (Å²) in [6.07, 6.45) is 0. The lowest BCUT2D eigenvalue weighted by molar-refractivity contribution is 0.354. The average molecular weight is 372 g/mol. The summed E-state index contributed by atoms with van der Waals surface area (Å²) >= 11 is 5.27. The summed E-state index contributed by atoms with van der Waals surface area (Å²) in [5.74, 6) is 2.27. The lowest BCUT2D eigenvalue weighted by atomic mass is 10.0. The van der Waals surface area contributed by atoms with Gasteiger partial charge in [-0.1, -0.05) is 15.9 Å². The zero-order valence-electron chi connectivity index (χ0n) is 12.4. The number of hydrogen-bond donors (Lipinski definition) is 1. The predicted molar refractivity (Wildman–Crippen MR) is 89.0 cm³/mol. The van der Waals surface area contributed by atoms with Gasteiger partial charge < -0.3 is 19.5 Å². The first-order valence-corrected chi connectivity index (χ1v) is 8.03. The van der Waals surface area contributed by atoms with Gasteiger partial charge in [-0.05, 0) is 36.2 Å². The Labute approximate surface area is 137 Å². The SMILES string of the molecule is CNC(c1cc(OC)c(OC)cc1Br)c1sccc1OC.